The van der Waals surface area contributed by atoms with Crippen LogP contribution in [0.25, 0.3) is 0 Å². The predicted molar refractivity (Wildman–Crippen MR) is 91.0 cm³/mol. The molecule has 0 aliphatic heterocycles. The molecule has 0 aliphatic carbocycles. The van der Waals surface area contributed by atoms with Crippen molar-refractivity contribution in [3.63, 3.8) is 0 Å². The lowest BCUT2D eigenvalue weighted by Crippen LogP contribution is -2.27. The molecule has 24 heavy (non-hydrogen) atoms. The van der Waals surface area contributed by atoms with Gasteiger partial charge < -0.3 is 4.43 Å². The van der Waals surface area contributed by atoms with E-state index in [-0.39, 0.29) is 11.6 Å². The zero-order valence-corrected chi connectivity index (χ0v) is 14.8. The van der Waals surface area contributed by atoms with E-state index in [9.17, 15) is 13.6 Å². The highest BCUT2D eigenvalue weighted by Crippen LogP contribution is 2.21. The Labute approximate surface area is 141 Å². The number of nitrogens with zero attached hydrogens (tertiary/aromatic N) is 1. The van der Waals surface area contributed by atoms with Crippen LogP contribution in [0.2, 0.25) is 19.6 Å². The number of carbonyl (C=O) groups excluding carboxylic acids is 1. The van der Waals surface area contributed by atoms with Crippen molar-refractivity contribution in [2.45, 2.75) is 25.7 Å². The molecule has 0 radical (unpaired) electrons. The maximum atomic E-state index is 12.9. The fraction of sp³-hybridized carbons (Fsp3) is 0.222. The van der Waals surface area contributed by atoms with E-state index in [0.717, 1.165) is 0 Å². The number of nitriles is 1. The van der Waals surface area contributed by atoms with Gasteiger partial charge in [0.25, 0.3) is 0 Å². The van der Waals surface area contributed by atoms with Crippen LogP contribution in [0, 0.1) is 23.0 Å². The van der Waals surface area contributed by atoms with Crippen molar-refractivity contribution in [1.29, 1.82) is 5.26 Å². The van der Waals surface area contributed by atoms with Gasteiger partial charge in [-0.15, -0.1) is 0 Å². The third kappa shape index (κ3) is 7.27. The van der Waals surface area contributed by atoms with Gasteiger partial charge in [-0.1, -0.05) is 24.3 Å². The summed E-state index contributed by atoms with van der Waals surface area (Å²) < 4.78 is 30.8. The minimum Gasteiger partial charge on any atom is -0.399 e. The van der Waals surface area contributed by atoms with Crippen molar-refractivity contribution in [3.05, 3.63) is 71.3 Å². The van der Waals surface area contributed by atoms with E-state index < -0.39 is 14.4 Å². The Morgan fingerprint density at radius 2 is 1.67 bits per heavy atom. The molecule has 126 valence electrons. The SMILES string of the molecule is C[Si](C)(C)OC(C#N)c1cccc(F)c1.O=Cc1cccc(F)c1. The first kappa shape index (κ1) is 19.7. The predicted octanol–water partition coefficient (Wildman–Crippen LogP) is 4.88. The van der Waals surface area contributed by atoms with Crippen molar-refractivity contribution in [2.24, 2.45) is 0 Å². The van der Waals surface area contributed by atoms with Crippen LogP contribution in [0.5, 0.6) is 0 Å². The van der Waals surface area contributed by atoms with Gasteiger partial charge in [-0.2, -0.15) is 5.26 Å². The Morgan fingerprint density at radius 1 is 1.08 bits per heavy atom. The molecule has 0 saturated heterocycles. The van der Waals surface area contributed by atoms with E-state index >= 15 is 0 Å². The maximum absolute atomic E-state index is 12.9. The molecule has 0 saturated carbocycles. The first-order valence-electron chi connectivity index (χ1n) is 7.29. The van der Waals surface area contributed by atoms with Crippen LogP contribution < -0.4 is 0 Å². The highest BCUT2D eigenvalue weighted by atomic mass is 28.4. The summed E-state index contributed by atoms with van der Waals surface area (Å²) in [5, 5.41) is 8.96. The molecular weight excluding hydrogens is 328 g/mol. The Morgan fingerprint density at radius 3 is 2.08 bits per heavy atom. The zero-order chi connectivity index (χ0) is 18.2. The number of halogens is 2. The second-order valence-electron chi connectivity index (χ2n) is 5.97. The topological polar surface area (TPSA) is 50.1 Å². The van der Waals surface area contributed by atoms with Crippen molar-refractivity contribution >= 4 is 14.6 Å². The summed E-state index contributed by atoms with van der Waals surface area (Å²) in [4.78, 5) is 9.99. The number of rotatable bonds is 4. The summed E-state index contributed by atoms with van der Waals surface area (Å²) in [5.41, 5.74) is 0.954. The number of benzene rings is 2. The van der Waals surface area contributed by atoms with Crippen LogP contribution in [-0.4, -0.2) is 14.6 Å². The number of hydrogen-bond acceptors (Lipinski definition) is 3. The Hall–Kier alpha value is -2.36. The average molecular weight is 347 g/mol. The lowest BCUT2D eigenvalue weighted by atomic mass is 10.1. The second-order valence-corrected chi connectivity index (χ2v) is 10.4. The monoisotopic (exact) mass is 347 g/mol. The Balaban J connectivity index is 0.000000272. The smallest absolute Gasteiger partial charge is 0.186 e. The molecule has 0 aromatic heterocycles. The normalized spacial score (nSPS) is 11.7. The van der Waals surface area contributed by atoms with E-state index in [2.05, 4.69) is 0 Å². The van der Waals surface area contributed by atoms with Crippen LogP contribution in [0.3, 0.4) is 0 Å². The summed E-state index contributed by atoms with van der Waals surface area (Å²) in [6, 6.07) is 13.6. The summed E-state index contributed by atoms with van der Waals surface area (Å²) in [5.74, 6) is -0.716. The molecule has 0 amide bonds. The molecule has 0 fully saturated rings. The fourth-order valence-corrected chi connectivity index (χ4v) is 2.67. The zero-order valence-electron chi connectivity index (χ0n) is 13.8. The molecule has 3 nitrogen and oxygen atoms in total. The lowest BCUT2D eigenvalue weighted by molar-refractivity contribution is 0.112. The molecule has 0 bridgehead atoms. The van der Waals surface area contributed by atoms with Crippen LogP contribution in [0.1, 0.15) is 22.0 Å². The van der Waals surface area contributed by atoms with Crippen molar-refractivity contribution in [2.75, 3.05) is 0 Å². The molecule has 6 heteroatoms. The standard InChI is InChI=1S/C11H14FNOSi.C7H5FO/c1-15(2,3)14-11(8-13)9-5-4-6-10(12)7-9;8-7-3-1-2-6(4-7)5-9/h4-7,11H,1-3H3;1-5H. The van der Waals surface area contributed by atoms with Gasteiger partial charge in [0.15, 0.2) is 14.4 Å². The molecule has 2 aromatic carbocycles. The van der Waals surface area contributed by atoms with Crippen LogP contribution in [0.15, 0.2) is 48.5 Å². The number of carbonyl (C=O) groups is 1. The van der Waals surface area contributed by atoms with Gasteiger partial charge in [0.2, 0.25) is 0 Å². The third-order valence-electron chi connectivity index (χ3n) is 2.72. The van der Waals surface area contributed by atoms with Gasteiger partial charge in [0.05, 0.1) is 6.07 Å². The van der Waals surface area contributed by atoms with E-state index in [4.69, 9.17) is 9.69 Å². The average Bonchev–Trinajstić information content (AvgIpc) is 2.52. The van der Waals surface area contributed by atoms with Gasteiger partial charge in [-0.05, 0) is 49.5 Å². The molecule has 2 aromatic rings. The minimum absolute atomic E-state index is 0.341. The third-order valence-corrected chi connectivity index (χ3v) is 3.67. The quantitative estimate of drug-likeness (QED) is 0.585. The van der Waals surface area contributed by atoms with E-state index in [1.165, 1.54) is 30.3 Å². The second kappa shape index (κ2) is 9.06. The molecule has 1 atom stereocenters. The molecule has 1 unspecified atom stereocenters. The van der Waals surface area contributed by atoms with Crippen LogP contribution >= 0.6 is 0 Å². The van der Waals surface area contributed by atoms with Gasteiger partial charge in [0, 0.05) is 5.56 Å². The summed E-state index contributed by atoms with van der Waals surface area (Å²) >= 11 is 0. The summed E-state index contributed by atoms with van der Waals surface area (Å²) in [7, 11) is -1.79. The van der Waals surface area contributed by atoms with Crippen LogP contribution in [0.4, 0.5) is 8.78 Å². The minimum atomic E-state index is -1.79. The van der Waals surface area contributed by atoms with Crippen molar-refractivity contribution < 1.29 is 18.0 Å². The highest BCUT2D eigenvalue weighted by Gasteiger charge is 2.22. The maximum Gasteiger partial charge on any atom is 0.186 e. The van der Waals surface area contributed by atoms with E-state index in [1.54, 1.807) is 18.2 Å². The molecule has 0 N–H and O–H groups in total. The molecular formula is C18H19F2NO2Si. The highest BCUT2D eigenvalue weighted by molar-refractivity contribution is 6.69. The number of aldehydes is 1. The summed E-state index contributed by atoms with van der Waals surface area (Å²) in [6.45, 7) is 5.99. The summed E-state index contributed by atoms with van der Waals surface area (Å²) in [6.07, 6.45) is -0.0457. The molecule has 0 heterocycles. The van der Waals surface area contributed by atoms with Gasteiger partial charge >= 0.3 is 0 Å². The number of hydrogen-bond donors (Lipinski definition) is 0. The van der Waals surface area contributed by atoms with Gasteiger partial charge in [0.1, 0.15) is 17.9 Å². The first-order valence-corrected chi connectivity index (χ1v) is 10.7. The lowest BCUT2D eigenvalue weighted by Gasteiger charge is -2.21. The van der Waals surface area contributed by atoms with E-state index in [0.29, 0.717) is 17.4 Å². The van der Waals surface area contributed by atoms with Gasteiger partial charge in [-0.3, -0.25) is 4.79 Å². The fourth-order valence-electron chi connectivity index (χ4n) is 1.77. The van der Waals surface area contributed by atoms with Gasteiger partial charge in [-0.25, -0.2) is 8.78 Å². The van der Waals surface area contributed by atoms with Crippen molar-refractivity contribution in [1.82, 2.24) is 0 Å². The molecule has 0 aliphatic rings. The Kier molecular flexibility index (Phi) is 7.43. The first-order chi connectivity index (χ1) is 11.2. The molecule has 0 spiro atoms. The largest absolute Gasteiger partial charge is 0.399 e. The molecule has 2 rings (SSSR count). The Bertz CT molecular complexity index is 723. The van der Waals surface area contributed by atoms with Crippen molar-refractivity contribution in [3.8, 4) is 6.07 Å². The van der Waals surface area contributed by atoms with Crippen LogP contribution in [-0.2, 0) is 4.43 Å². The van der Waals surface area contributed by atoms with E-state index in [1.807, 2.05) is 25.7 Å².